The summed E-state index contributed by atoms with van der Waals surface area (Å²) in [7, 11) is 1.62. The van der Waals surface area contributed by atoms with Crippen molar-refractivity contribution in [2.75, 3.05) is 17.7 Å². The molecule has 0 radical (unpaired) electrons. The molecule has 1 atom stereocenters. The minimum atomic E-state index is -0.453. The zero-order chi connectivity index (χ0) is 16.9. The van der Waals surface area contributed by atoms with Crippen molar-refractivity contribution < 1.29 is 4.74 Å². The molecule has 6 nitrogen and oxygen atoms in total. The third-order valence-corrected chi connectivity index (χ3v) is 3.84. The normalized spacial score (nSPS) is 12.0. The summed E-state index contributed by atoms with van der Waals surface area (Å²) in [5.74, 6) is 1.53. The van der Waals surface area contributed by atoms with Gasteiger partial charge in [-0.05, 0) is 31.2 Å². The van der Waals surface area contributed by atoms with E-state index in [1.807, 2.05) is 60.1 Å². The molecular weight excluding hydrogens is 370 g/mol. The quantitative estimate of drug-likeness (QED) is 0.629. The summed E-state index contributed by atoms with van der Waals surface area (Å²) in [6.07, 6.45) is 1.27. The summed E-state index contributed by atoms with van der Waals surface area (Å²) in [4.78, 5) is 4.27. The molecule has 0 spiro atoms. The van der Waals surface area contributed by atoms with Crippen LogP contribution in [-0.4, -0.2) is 28.2 Å². The third kappa shape index (κ3) is 3.93. The van der Waals surface area contributed by atoms with Crippen LogP contribution in [0.4, 0.5) is 11.6 Å². The van der Waals surface area contributed by atoms with E-state index < -0.39 is 6.35 Å². The lowest BCUT2D eigenvalue weighted by Gasteiger charge is -2.20. The number of rotatable bonds is 6. The van der Waals surface area contributed by atoms with Gasteiger partial charge in [-0.25, -0.2) is 9.67 Å². The number of nitrogens with zero attached hydrogens (tertiary/aromatic N) is 3. The number of aryl methyl sites for hydroxylation is 1. The van der Waals surface area contributed by atoms with Crippen LogP contribution in [0.3, 0.4) is 0 Å². The first-order chi connectivity index (χ1) is 11.7. The minimum Gasteiger partial charge on any atom is -0.344 e. The lowest BCUT2D eigenvalue weighted by molar-refractivity contribution is 0.147. The predicted molar refractivity (Wildman–Crippen MR) is 98.3 cm³/mol. The van der Waals surface area contributed by atoms with Gasteiger partial charge in [-0.3, -0.25) is 0 Å². The van der Waals surface area contributed by atoms with Crippen LogP contribution in [0.2, 0.25) is 0 Å². The Morgan fingerprint density at radius 3 is 2.62 bits per heavy atom. The van der Waals surface area contributed by atoms with Crippen LogP contribution in [0.1, 0.15) is 5.69 Å². The van der Waals surface area contributed by atoms with Gasteiger partial charge in [-0.1, -0.05) is 34.1 Å². The van der Waals surface area contributed by atoms with Gasteiger partial charge in [-0.2, -0.15) is 5.10 Å². The van der Waals surface area contributed by atoms with Gasteiger partial charge in [0.15, 0.2) is 0 Å². The van der Waals surface area contributed by atoms with Crippen molar-refractivity contribution in [1.29, 1.82) is 0 Å². The highest BCUT2D eigenvalue weighted by atomic mass is 79.9. The summed E-state index contributed by atoms with van der Waals surface area (Å²) in [5.41, 5.74) is 1.89. The number of pyridine rings is 1. The first kappa shape index (κ1) is 16.5. The number of hydrogen-bond acceptors (Lipinski definition) is 5. The Morgan fingerprint density at radius 1 is 1.12 bits per heavy atom. The Morgan fingerprint density at radius 2 is 1.92 bits per heavy atom. The van der Waals surface area contributed by atoms with E-state index in [9.17, 15) is 0 Å². The number of hydrogen-bond donors (Lipinski definition) is 2. The number of aromatic nitrogens is 3. The third-order valence-electron chi connectivity index (χ3n) is 3.35. The summed E-state index contributed by atoms with van der Waals surface area (Å²) in [5, 5.41) is 11.0. The van der Waals surface area contributed by atoms with Gasteiger partial charge in [0.2, 0.25) is 6.35 Å². The first-order valence-electron chi connectivity index (χ1n) is 7.45. The molecule has 0 saturated carbocycles. The predicted octanol–water partition coefficient (Wildman–Crippen LogP) is 3.79. The number of anilines is 2. The average molecular weight is 388 g/mol. The molecule has 0 saturated heterocycles. The summed E-state index contributed by atoms with van der Waals surface area (Å²) in [6.45, 7) is 1.95. The van der Waals surface area contributed by atoms with Gasteiger partial charge in [0.25, 0.3) is 0 Å². The lowest BCUT2D eigenvalue weighted by atomic mass is 10.3. The number of para-hydroxylation sites is 1. The van der Waals surface area contributed by atoms with E-state index in [4.69, 9.17) is 4.74 Å². The fourth-order valence-electron chi connectivity index (χ4n) is 2.27. The van der Waals surface area contributed by atoms with Crippen LogP contribution in [0, 0.1) is 6.92 Å². The molecule has 0 aliphatic heterocycles. The molecule has 1 unspecified atom stereocenters. The van der Waals surface area contributed by atoms with Crippen molar-refractivity contribution in [1.82, 2.24) is 14.8 Å². The van der Waals surface area contributed by atoms with E-state index >= 15 is 0 Å². The van der Waals surface area contributed by atoms with E-state index in [1.165, 1.54) is 0 Å². The standard InChI is InChI=1S/C17H18BrN5O/c1-12-10-16(23(22-12)14-6-4-3-5-7-14)21-17(24-2)20-15-11-13(18)8-9-19-15/h3-11,17,21H,1-2H3,(H,19,20). The summed E-state index contributed by atoms with van der Waals surface area (Å²) >= 11 is 3.43. The fourth-order valence-corrected chi connectivity index (χ4v) is 2.61. The highest BCUT2D eigenvalue weighted by Gasteiger charge is 2.13. The molecule has 0 aliphatic rings. The molecule has 3 rings (SSSR count). The maximum atomic E-state index is 5.48. The molecule has 24 heavy (non-hydrogen) atoms. The molecule has 3 aromatic rings. The molecule has 0 fully saturated rings. The Kier molecular flexibility index (Phi) is 5.12. The molecule has 124 valence electrons. The SMILES string of the molecule is COC(Nc1cc(Br)ccn1)Nc1cc(C)nn1-c1ccccc1. The highest BCUT2D eigenvalue weighted by Crippen LogP contribution is 2.19. The van der Waals surface area contributed by atoms with E-state index in [2.05, 4.69) is 36.6 Å². The number of nitrogens with one attached hydrogen (secondary N) is 2. The van der Waals surface area contributed by atoms with Crippen molar-refractivity contribution in [2.45, 2.75) is 13.3 Å². The summed E-state index contributed by atoms with van der Waals surface area (Å²) < 4.78 is 8.27. The lowest BCUT2D eigenvalue weighted by Crippen LogP contribution is -2.31. The number of halogens is 1. The monoisotopic (exact) mass is 387 g/mol. The van der Waals surface area contributed by atoms with Gasteiger partial charge in [0.05, 0.1) is 11.4 Å². The molecule has 0 amide bonds. The molecule has 2 N–H and O–H groups in total. The molecule has 0 aliphatic carbocycles. The molecule has 1 aromatic carbocycles. The van der Waals surface area contributed by atoms with Crippen molar-refractivity contribution in [2.24, 2.45) is 0 Å². The first-order valence-corrected chi connectivity index (χ1v) is 8.24. The number of ether oxygens (including phenoxy) is 1. The zero-order valence-electron chi connectivity index (χ0n) is 13.4. The van der Waals surface area contributed by atoms with E-state index in [1.54, 1.807) is 13.3 Å². The van der Waals surface area contributed by atoms with Gasteiger partial charge in [0.1, 0.15) is 11.6 Å². The second kappa shape index (κ2) is 7.46. The van der Waals surface area contributed by atoms with Crippen molar-refractivity contribution in [3.8, 4) is 5.69 Å². The molecular formula is C17H18BrN5O. The van der Waals surface area contributed by atoms with Crippen molar-refractivity contribution in [3.05, 3.63) is 64.9 Å². The minimum absolute atomic E-state index is 0.453. The van der Waals surface area contributed by atoms with Crippen LogP contribution in [0.15, 0.2) is 59.2 Å². The average Bonchev–Trinajstić information content (AvgIpc) is 2.95. The molecule has 2 heterocycles. The topological polar surface area (TPSA) is 64.0 Å². The van der Waals surface area contributed by atoms with Crippen LogP contribution < -0.4 is 10.6 Å². The summed E-state index contributed by atoms with van der Waals surface area (Å²) in [6, 6.07) is 15.7. The smallest absolute Gasteiger partial charge is 0.207 e. The Bertz CT molecular complexity index is 806. The maximum absolute atomic E-state index is 5.48. The van der Waals surface area contributed by atoms with E-state index in [-0.39, 0.29) is 0 Å². The van der Waals surface area contributed by atoms with Crippen LogP contribution in [-0.2, 0) is 4.74 Å². The van der Waals surface area contributed by atoms with Crippen LogP contribution in [0.25, 0.3) is 5.69 Å². The largest absolute Gasteiger partial charge is 0.344 e. The van der Waals surface area contributed by atoms with E-state index in [0.717, 1.165) is 21.7 Å². The van der Waals surface area contributed by atoms with Gasteiger partial charge in [0, 0.05) is 23.8 Å². The van der Waals surface area contributed by atoms with Crippen molar-refractivity contribution >= 4 is 27.6 Å². The Hall–Kier alpha value is -2.38. The molecule has 2 aromatic heterocycles. The highest BCUT2D eigenvalue weighted by molar-refractivity contribution is 9.10. The second-order valence-electron chi connectivity index (χ2n) is 5.18. The molecule has 0 bridgehead atoms. The number of methoxy groups -OCH3 is 1. The second-order valence-corrected chi connectivity index (χ2v) is 6.10. The fraction of sp³-hybridized carbons (Fsp3) is 0.176. The maximum Gasteiger partial charge on any atom is 0.207 e. The van der Waals surface area contributed by atoms with Crippen LogP contribution >= 0.6 is 15.9 Å². The number of benzene rings is 1. The van der Waals surface area contributed by atoms with Gasteiger partial charge in [-0.15, -0.1) is 0 Å². The van der Waals surface area contributed by atoms with Gasteiger partial charge >= 0.3 is 0 Å². The van der Waals surface area contributed by atoms with Crippen molar-refractivity contribution in [3.63, 3.8) is 0 Å². The van der Waals surface area contributed by atoms with Crippen LogP contribution in [0.5, 0.6) is 0 Å². The van der Waals surface area contributed by atoms with Gasteiger partial charge < -0.3 is 15.4 Å². The Labute approximate surface area is 149 Å². The zero-order valence-corrected chi connectivity index (χ0v) is 15.0. The Balaban J connectivity index is 1.81. The molecule has 7 heteroatoms. The van der Waals surface area contributed by atoms with E-state index in [0.29, 0.717) is 5.82 Å².